The van der Waals surface area contributed by atoms with Crippen LogP contribution in [0.2, 0.25) is 0 Å². The van der Waals surface area contributed by atoms with Gasteiger partial charge in [0.1, 0.15) is 0 Å². The van der Waals surface area contributed by atoms with Crippen molar-refractivity contribution in [3.8, 4) is 0 Å². The number of carbonyl (C=O) groups excluding carboxylic acids is 1. The number of urea groups is 1. The van der Waals surface area contributed by atoms with Gasteiger partial charge in [-0.15, -0.1) is 0 Å². The first-order chi connectivity index (χ1) is 12.8. The third kappa shape index (κ3) is 5.81. The normalized spacial score (nSPS) is 16.2. The number of aryl methyl sites for hydroxylation is 1. The van der Waals surface area contributed by atoms with Gasteiger partial charge in [0.2, 0.25) is 0 Å². The monoisotopic (exact) mass is 373 g/mol. The Hall–Kier alpha value is -1.92. The van der Waals surface area contributed by atoms with Gasteiger partial charge in [-0.25, -0.2) is 4.79 Å². The fourth-order valence-electron chi connectivity index (χ4n) is 3.20. The van der Waals surface area contributed by atoms with Gasteiger partial charge in [-0.1, -0.05) is 30.3 Å². The maximum atomic E-state index is 12.1. The topological polar surface area (TPSA) is 57.5 Å². The van der Waals surface area contributed by atoms with E-state index in [1.54, 1.807) is 12.5 Å². The number of furan rings is 1. The number of benzene rings is 1. The summed E-state index contributed by atoms with van der Waals surface area (Å²) in [5, 5.41) is 5.99. The summed E-state index contributed by atoms with van der Waals surface area (Å²) in [6.07, 6.45) is 5.40. The smallest absolute Gasteiger partial charge is 0.314 e. The Morgan fingerprint density at radius 2 is 1.96 bits per heavy atom. The van der Waals surface area contributed by atoms with Crippen LogP contribution < -0.4 is 10.6 Å². The van der Waals surface area contributed by atoms with Crippen LogP contribution in [0.15, 0.2) is 53.3 Å². The van der Waals surface area contributed by atoms with E-state index in [1.807, 2.05) is 36.0 Å². The largest absolute Gasteiger partial charge is 0.472 e. The SMILES string of the molecule is O=C(NCCCc1ccccc1)NC[C@@H](c1ccoc1)N1CCSCC1. The van der Waals surface area contributed by atoms with E-state index in [2.05, 4.69) is 27.7 Å². The molecule has 0 unspecified atom stereocenters. The standard InChI is InChI=1S/C20H27N3O2S/c24-20(21-9-4-7-17-5-2-1-3-6-17)22-15-19(18-8-12-25-16-18)23-10-13-26-14-11-23/h1-3,5-6,8,12,16,19H,4,7,9-11,13-15H2,(H2,21,22,24)/t19-/m0/s1. The summed E-state index contributed by atoms with van der Waals surface area (Å²) in [7, 11) is 0. The molecule has 1 aromatic carbocycles. The van der Waals surface area contributed by atoms with E-state index in [4.69, 9.17) is 4.42 Å². The molecule has 1 saturated heterocycles. The fraction of sp³-hybridized carbons (Fsp3) is 0.450. The second-order valence-corrected chi connectivity index (χ2v) is 7.67. The molecule has 3 rings (SSSR count). The maximum Gasteiger partial charge on any atom is 0.314 e. The Kier molecular flexibility index (Phi) is 7.46. The highest BCUT2D eigenvalue weighted by molar-refractivity contribution is 7.99. The maximum absolute atomic E-state index is 12.1. The minimum absolute atomic E-state index is 0.0991. The molecule has 2 heterocycles. The number of nitrogens with zero attached hydrogens (tertiary/aromatic N) is 1. The molecule has 1 fully saturated rings. The van der Waals surface area contributed by atoms with Crippen LogP contribution in [0.3, 0.4) is 0 Å². The van der Waals surface area contributed by atoms with Crippen LogP contribution in [-0.4, -0.2) is 48.6 Å². The van der Waals surface area contributed by atoms with E-state index in [0.717, 1.165) is 43.0 Å². The highest BCUT2D eigenvalue weighted by atomic mass is 32.2. The summed E-state index contributed by atoms with van der Waals surface area (Å²) in [5.74, 6) is 2.28. The van der Waals surface area contributed by atoms with E-state index in [0.29, 0.717) is 13.1 Å². The van der Waals surface area contributed by atoms with Crippen LogP contribution in [0.5, 0.6) is 0 Å². The average molecular weight is 374 g/mol. The Labute approximate surface area is 159 Å². The van der Waals surface area contributed by atoms with Gasteiger partial charge in [-0.2, -0.15) is 11.8 Å². The molecule has 1 aromatic heterocycles. The van der Waals surface area contributed by atoms with Gasteiger partial charge in [-0.05, 0) is 24.5 Å². The van der Waals surface area contributed by atoms with Gasteiger partial charge in [-0.3, -0.25) is 4.90 Å². The summed E-state index contributed by atoms with van der Waals surface area (Å²) in [4.78, 5) is 14.6. The summed E-state index contributed by atoms with van der Waals surface area (Å²) in [6, 6.07) is 12.4. The molecule has 26 heavy (non-hydrogen) atoms. The highest BCUT2D eigenvalue weighted by Crippen LogP contribution is 2.24. The number of amides is 2. The lowest BCUT2D eigenvalue weighted by molar-refractivity contribution is 0.205. The van der Waals surface area contributed by atoms with E-state index in [-0.39, 0.29) is 12.1 Å². The summed E-state index contributed by atoms with van der Waals surface area (Å²) in [5.41, 5.74) is 2.43. The van der Waals surface area contributed by atoms with Gasteiger partial charge in [0.05, 0.1) is 18.6 Å². The quantitative estimate of drug-likeness (QED) is 0.697. The van der Waals surface area contributed by atoms with Gasteiger partial charge in [0.15, 0.2) is 0 Å². The first kappa shape index (κ1) is 18.9. The van der Waals surface area contributed by atoms with Crippen LogP contribution in [0.1, 0.15) is 23.6 Å². The predicted octanol–water partition coefficient (Wildman–Crippen LogP) is 3.30. The third-order valence-corrected chi connectivity index (χ3v) is 5.58. The molecule has 1 aliphatic heterocycles. The van der Waals surface area contributed by atoms with Crippen molar-refractivity contribution < 1.29 is 9.21 Å². The van der Waals surface area contributed by atoms with Crippen LogP contribution in [0, 0.1) is 0 Å². The molecule has 0 bridgehead atoms. The molecule has 2 aromatic rings. The lowest BCUT2D eigenvalue weighted by atomic mass is 10.1. The van der Waals surface area contributed by atoms with E-state index < -0.39 is 0 Å². The van der Waals surface area contributed by atoms with Crippen molar-refractivity contribution in [2.45, 2.75) is 18.9 Å². The zero-order chi connectivity index (χ0) is 18.0. The second kappa shape index (κ2) is 10.3. The molecule has 6 heteroatoms. The second-order valence-electron chi connectivity index (χ2n) is 6.45. The first-order valence-corrected chi connectivity index (χ1v) is 10.4. The Morgan fingerprint density at radius 1 is 1.15 bits per heavy atom. The number of nitrogens with one attached hydrogen (secondary N) is 2. The molecular formula is C20H27N3O2S. The zero-order valence-corrected chi connectivity index (χ0v) is 15.8. The van der Waals surface area contributed by atoms with Crippen molar-refractivity contribution in [2.75, 3.05) is 37.7 Å². The molecule has 0 spiro atoms. The molecule has 1 aliphatic rings. The van der Waals surface area contributed by atoms with Gasteiger partial charge < -0.3 is 15.1 Å². The molecule has 0 saturated carbocycles. The van der Waals surface area contributed by atoms with Gasteiger partial charge in [0.25, 0.3) is 0 Å². The van der Waals surface area contributed by atoms with Crippen molar-refractivity contribution >= 4 is 17.8 Å². The molecule has 0 aliphatic carbocycles. The molecule has 5 nitrogen and oxygen atoms in total. The lowest BCUT2D eigenvalue weighted by Crippen LogP contribution is -2.44. The lowest BCUT2D eigenvalue weighted by Gasteiger charge is -2.33. The Bertz CT molecular complexity index is 642. The van der Waals surface area contributed by atoms with Gasteiger partial charge >= 0.3 is 6.03 Å². The predicted molar refractivity (Wildman–Crippen MR) is 107 cm³/mol. The minimum Gasteiger partial charge on any atom is -0.472 e. The zero-order valence-electron chi connectivity index (χ0n) is 15.0. The van der Waals surface area contributed by atoms with E-state index in [9.17, 15) is 4.79 Å². The molecule has 2 amide bonds. The van der Waals surface area contributed by atoms with Crippen LogP contribution in [0.4, 0.5) is 4.79 Å². The molecule has 1 atom stereocenters. The minimum atomic E-state index is -0.0991. The highest BCUT2D eigenvalue weighted by Gasteiger charge is 2.23. The summed E-state index contributed by atoms with van der Waals surface area (Å²) >= 11 is 1.98. The summed E-state index contributed by atoms with van der Waals surface area (Å²) < 4.78 is 5.25. The van der Waals surface area contributed by atoms with E-state index in [1.165, 1.54) is 5.56 Å². The van der Waals surface area contributed by atoms with Crippen molar-refractivity contribution in [1.82, 2.24) is 15.5 Å². The van der Waals surface area contributed by atoms with Crippen molar-refractivity contribution in [1.29, 1.82) is 0 Å². The molecule has 0 radical (unpaired) electrons. The van der Waals surface area contributed by atoms with Crippen LogP contribution >= 0.6 is 11.8 Å². The number of hydrogen-bond donors (Lipinski definition) is 2. The third-order valence-electron chi connectivity index (χ3n) is 4.64. The fourth-order valence-corrected chi connectivity index (χ4v) is 4.13. The van der Waals surface area contributed by atoms with Crippen LogP contribution in [0.25, 0.3) is 0 Å². The number of carbonyl (C=O) groups is 1. The average Bonchev–Trinajstić information content (AvgIpc) is 3.22. The molecule has 140 valence electrons. The van der Waals surface area contributed by atoms with Crippen molar-refractivity contribution in [3.63, 3.8) is 0 Å². The molecular weight excluding hydrogens is 346 g/mol. The number of thioether (sulfide) groups is 1. The van der Waals surface area contributed by atoms with Crippen molar-refractivity contribution in [2.24, 2.45) is 0 Å². The Balaban J connectivity index is 1.41. The molecule has 2 N–H and O–H groups in total. The summed E-state index contributed by atoms with van der Waals surface area (Å²) in [6.45, 7) is 3.36. The number of rotatable bonds is 8. The van der Waals surface area contributed by atoms with Gasteiger partial charge in [0, 0.05) is 43.2 Å². The number of hydrogen-bond acceptors (Lipinski definition) is 4. The van der Waals surface area contributed by atoms with Crippen LogP contribution in [-0.2, 0) is 6.42 Å². The Morgan fingerprint density at radius 3 is 2.69 bits per heavy atom. The van der Waals surface area contributed by atoms with E-state index >= 15 is 0 Å². The first-order valence-electron chi connectivity index (χ1n) is 9.22. The van der Waals surface area contributed by atoms with Crippen molar-refractivity contribution in [3.05, 3.63) is 60.1 Å².